The molecule has 0 N–H and O–H groups in total. The Bertz CT molecular complexity index is 3360. The summed E-state index contributed by atoms with van der Waals surface area (Å²) in [5.74, 6) is -6.38. The van der Waals surface area contributed by atoms with E-state index in [0.29, 0.717) is 71.9 Å². The molecule has 1 fully saturated rings. The number of benzene rings is 2. The number of ketones is 18. The molecule has 4 rings (SSSR count). The summed E-state index contributed by atoms with van der Waals surface area (Å²) in [5, 5.41) is 0. The van der Waals surface area contributed by atoms with Crippen LogP contribution in [0.25, 0.3) is 0 Å². The van der Waals surface area contributed by atoms with Crippen LogP contribution >= 0.6 is 0 Å². The molecule has 1 aromatic heterocycles. The van der Waals surface area contributed by atoms with E-state index in [2.05, 4.69) is 125 Å². The summed E-state index contributed by atoms with van der Waals surface area (Å²) >= 11 is 0. The molecular weight excluding hydrogens is 2910 g/mol. The molecule has 1 saturated carbocycles. The average Bonchev–Trinajstić information content (AvgIpc) is 0.788. The second kappa shape index (κ2) is 101. The third-order valence-electron chi connectivity index (χ3n) is 13.8. The fourth-order valence-corrected chi connectivity index (χ4v) is 9.11. The predicted octanol–water partition coefficient (Wildman–Crippen LogP) is 3.16. The summed E-state index contributed by atoms with van der Waals surface area (Å²) < 4.78 is 2.14. The van der Waals surface area contributed by atoms with Gasteiger partial charge in [0.05, 0.1) is 0 Å². The van der Waals surface area contributed by atoms with Gasteiger partial charge in [0.15, 0.2) is 0 Å². The third-order valence-corrected chi connectivity index (χ3v) is 13.8. The van der Waals surface area contributed by atoms with E-state index in [4.69, 9.17) is 0 Å². The van der Waals surface area contributed by atoms with Gasteiger partial charge >= 0.3 is 17.1 Å². The average molecular weight is 2990 g/mol. The first-order valence-electron chi connectivity index (χ1n) is 30.7. The van der Waals surface area contributed by atoms with Crippen LogP contribution < -0.4 is 17.1 Å². The topological polar surface area (TPSA) is 380 Å². The Morgan fingerprint density at radius 3 is 0.563 bits per heavy atom. The normalized spacial score (nSPS) is 11.2. The van der Waals surface area contributed by atoms with Gasteiger partial charge in [0.1, 0.15) is 0 Å². The van der Waals surface area contributed by atoms with E-state index in [0.717, 1.165) is 16.7 Å². The van der Waals surface area contributed by atoms with Crippen molar-refractivity contribution in [2.24, 2.45) is 17.8 Å². The number of hydrogen-bond acceptors (Lipinski definition) is 23. The second-order valence-electron chi connectivity index (χ2n) is 23.2. The zero-order valence-corrected chi connectivity index (χ0v) is 119. The van der Waals surface area contributed by atoms with E-state index in [-0.39, 0.29) is 770 Å². The Morgan fingerprint density at radius 1 is 0.252 bits per heavy atom. The van der Waals surface area contributed by atoms with Gasteiger partial charge in [0.25, 0.3) is 0 Å². The standard InChI is InChI=1S/C15H18N3O6.C15H15O3.C12H18NO3.C12H15O3.C12H9O3.C9H12NO3.18Y/c1-10(19)4-7-16-13(22)17(8-5-11(2)20)15(24)18(14(16)23)9-6-12(3)21;1-10(16)4-13-7-14(5-11(2)17)9-15(8-13)6-12(3)18;1-10(14)4-7-13(8-5-11(2)15)9-6-12(3)16;2*1-7(13)10-4-11(8(2)14)6-12(5-10)9(3)15;1-7(11)4-10(5-8(2)12)6-9(3)13;;;;;;;;;;;;;;;;;;/h1-9H2;7-9H,1-6H2;1-9H2;10-12H,1-6H2;4-6H,1-3H2;1-6H2;;;;;;;;;;;;;;;;;;/q6*-3;;;;;;;;;;;;;;;;;;. The fraction of sp³-hybridized carbons (Fsp3) is 0.320. The Morgan fingerprint density at radius 2 is 0.429 bits per heavy atom. The molecule has 2 aromatic carbocycles. The van der Waals surface area contributed by atoms with Gasteiger partial charge < -0.3 is 195 Å². The maximum absolute atomic E-state index is 12.3. The minimum absolute atomic E-state index is 0. The summed E-state index contributed by atoms with van der Waals surface area (Å²) in [6, 6.07) is 9.38. The van der Waals surface area contributed by atoms with E-state index >= 15 is 0 Å². The molecule has 119 heavy (non-hydrogen) atoms. The molecule has 0 saturated heterocycles. The molecule has 610 valence electrons. The largest absolute Gasteiger partial charge is 0.339 e. The van der Waals surface area contributed by atoms with Crippen molar-refractivity contribution in [3.05, 3.63) is 226 Å². The van der Waals surface area contributed by atoms with Gasteiger partial charge in [-0.1, -0.05) is 18.2 Å². The summed E-state index contributed by atoms with van der Waals surface area (Å²) in [7, 11) is 0. The summed E-state index contributed by atoms with van der Waals surface area (Å²) in [6.45, 7) is 59.1. The van der Waals surface area contributed by atoms with Crippen LogP contribution in [-0.4, -0.2) is 167 Å². The number of carbonyl (C=O) groups excluding carboxylic acids is 18. The van der Waals surface area contributed by atoms with Crippen LogP contribution in [0.15, 0.2) is 50.8 Å². The Hall–Kier alpha value is 8.36. The van der Waals surface area contributed by atoms with E-state index < -0.39 is 51.8 Å². The zero-order valence-electron chi connectivity index (χ0n) is 67.5. The van der Waals surface area contributed by atoms with Crippen molar-refractivity contribution >= 4 is 104 Å². The van der Waals surface area contributed by atoms with Gasteiger partial charge in [-0.05, 0) is 144 Å². The molecule has 0 amide bonds. The van der Waals surface area contributed by atoms with Crippen molar-refractivity contribution in [3.8, 4) is 0 Å². The number of nitrogens with zero attached hydrogens (tertiary/aromatic N) is 5. The van der Waals surface area contributed by atoms with Gasteiger partial charge in [-0.25, -0.2) is 46.3 Å². The molecule has 1 aliphatic carbocycles. The van der Waals surface area contributed by atoms with Gasteiger partial charge in [0, 0.05) is 719 Å². The molecule has 0 atom stereocenters. The molecular formula is C75H87N5O21Y18-18. The van der Waals surface area contributed by atoms with Crippen molar-refractivity contribution in [2.75, 3.05) is 39.3 Å². The van der Waals surface area contributed by atoms with Crippen LogP contribution in [0.3, 0.4) is 0 Å². The Balaban J connectivity index is -0.0000000538. The first-order chi connectivity index (χ1) is 46.7. The van der Waals surface area contributed by atoms with Crippen molar-refractivity contribution in [1.82, 2.24) is 23.5 Å². The first-order valence-corrected chi connectivity index (χ1v) is 30.7. The van der Waals surface area contributed by atoms with E-state index in [1.807, 2.05) is 4.90 Å². The van der Waals surface area contributed by atoms with Crippen LogP contribution in [0.4, 0.5) is 0 Å². The van der Waals surface area contributed by atoms with Crippen LogP contribution in [0.2, 0.25) is 0 Å². The third kappa shape index (κ3) is 91.2. The van der Waals surface area contributed by atoms with Crippen LogP contribution in [0.1, 0.15) is 106 Å². The smallest absolute Gasteiger partial charge is 0.336 e. The molecule has 0 spiro atoms. The molecule has 0 aliphatic heterocycles. The summed E-state index contributed by atoms with van der Waals surface area (Å²) in [5.41, 5.74) is 0.101. The molecule has 1 heterocycles. The molecule has 44 heteroatoms. The quantitative estimate of drug-likeness (QED) is 0.0596. The minimum atomic E-state index is -0.926. The molecule has 0 unspecified atom stereocenters. The van der Waals surface area contributed by atoms with Crippen molar-refractivity contribution in [2.45, 2.75) is 96.7 Å². The van der Waals surface area contributed by atoms with Gasteiger partial charge in [-0.2, -0.15) is 37.5 Å². The minimum Gasteiger partial charge on any atom is -0.339 e. The molecule has 3 aromatic rings. The van der Waals surface area contributed by atoms with Crippen molar-refractivity contribution in [1.29, 1.82) is 0 Å². The number of Topliss-reactive ketones (excluding diaryl/α,β-unsaturated/α-hetero) is 18. The van der Waals surface area contributed by atoms with Crippen molar-refractivity contribution < 1.29 is 675 Å². The van der Waals surface area contributed by atoms with Gasteiger partial charge in [-0.15, -0.1) is 0 Å². The van der Waals surface area contributed by atoms with E-state index in [1.54, 1.807) is 18.2 Å². The SMILES string of the molecule is [CH2-]C(=O)C1CC(C([CH2-])=O)CC(C([CH2-])=O)C1.[CH2-]C(=O)CCN(CCC([CH2-])=O)CCC([CH2-])=O.[CH2-]C(=O)CCn1c(=O)n(CCC([CH2-])=O)c(=O)n(CCC([CH2-])=O)c1=O.[CH2-]C(=O)CN(CC([CH2-])=O)CC([CH2-])=O.[CH2-]C(=O)Cc1cc(CC([CH2-])=O)cc(CC([CH2-])=O)c1.[CH2-]C(=O)c1cc(C([CH2-])=O)cc(C([CH2-])=O)c1.[Y].[Y].[Y].[Y].[Y].[Y].[Y].[Y].[Y].[Y].[Y].[Y].[Y].[Y].[Y].[Y].[Y].[Y]. The second-order valence-corrected chi connectivity index (χ2v) is 23.2. The summed E-state index contributed by atoms with van der Waals surface area (Å²) in [4.78, 5) is 237. The molecule has 18 radical (unpaired) electrons. The fourth-order valence-electron chi connectivity index (χ4n) is 9.11. The Labute approximate surface area is 1160 Å². The number of carbonyl (C=O) groups is 18. The van der Waals surface area contributed by atoms with E-state index in [1.165, 1.54) is 23.1 Å². The number of hydrogen-bond donors (Lipinski definition) is 0. The summed E-state index contributed by atoms with van der Waals surface area (Å²) in [6.07, 6.45) is 2.50. The van der Waals surface area contributed by atoms with Crippen LogP contribution in [-0.2, 0) is 700 Å². The van der Waals surface area contributed by atoms with Crippen LogP contribution in [0.5, 0.6) is 0 Å². The van der Waals surface area contributed by atoms with Gasteiger partial charge in [-0.3, -0.25) is 4.90 Å². The van der Waals surface area contributed by atoms with Crippen LogP contribution in [0, 0.1) is 142 Å². The van der Waals surface area contributed by atoms with E-state index in [9.17, 15) is 101 Å². The first kappa shape index (κ1) is 176. The van der Waals surface area contributed by atoms with Crippen molar-refractivity contribution in [3.63, 3.8) is 0 Å². The molecule has 0 bridgehead atoms. The number of aromatic nitrogens is 3. The maximum atomic E-state index is 12.3. The molecule has 26 nitrogen and oxygen atoms in total. The zero-order chi connectivity index (χ0) is 78.3. The van der Waals surface area contributed by atoms with Gasteiger partial charge in [0.2, 0.25) is 0 Å². The Kier molecular flexibility index (Phi) is 149. The predicted molar refractivity (Wildman–Crippen MR) is 373 cm³/mol. The maximum Gasteiger partial charge on any atom is 0.336 e. The molecule has 1 aliphatic rings. The monoisotopic (exact) mass is 2990 g/mol. The number of rotatable bonds is 36.